The molecule has 2 rings (SSSR count). The number of halogens is 2. The summed E-state index contributed by atoms with van der Waals surface area (Å²) in [6.45, 7) is 0.315. The molecule has 0 radical (unpaired) electrons. The Balaban J connectivity index is 1.82. The zero-order chi connectivity index (χ0) is 19.6. The van der Waals surface area contributed by atoms with E-state index < -0.39 is 6.61 Å². The fraction of sp³-hybridized carbons (Fsp3) is 0.350. The van der Waals surface area contributed by atoms with Crippen LogP contribution in [0.25, 0.3) is 0 Å². The van der Waals surface area contributed by atoms with Crippen molar-refractivity contribution >= 4 is 5.96 Å². The van der Waals surface area contributed by atoms with Crippen LogP contribution in [0.1, 0.15) is 16.7 Å². The number of ether oxygens (including phenoxy) is 2. The second kappa shape index (κ2) is 10.4. The largest absolute Gasteiger partial charge is 0.496 e. The van der Waals surface area contributed by atoms with Crippen molar-refractivity contribution < 1.29 is 18.3 Å². The minimum atomic E-state index is -2.83. The highest BCUT2D eigenvalue weighted by Gasteiger charge is 2.05. The average molecular weight is 377 g/mol. The number of methoxy groups -OCH3 is 1. The van der Waals surface area contributed by atoms with Gasteiger partial charge in [-0.1, -0.05) is 24.3 Å². The highest BCUT2D eigenvalue weighted by atomic mass is 19.3. The van der Waals surface area contributed by atoms with Gasteiger partial charge in [-0.25, -0.2) is 0 Å². The molecule has 146 valence electrons. The number of rotatable bonds is 8. The van der Waals surface area contributed by atoms with Gasteiger partial charge in [-0.2, -0.15) is 8.78 Å². The van der Waals surface area contributed by atoms with Gasteiger partial charge in [0.25, 0.3) is 0 Å². The van der Waals surface area contributed by atoms with E-state index in [0.29, 0.717) is 19.0 Å². The van der Waals surface area contributed by atoms with Gasteiger partial charge in [0.2, 0.25) is 0 Å². The standard InChI is InChI=1S/C20H25F2N3O2/c1-14-7-8-15(12-18(14)26-3)9-10-24-20(23-2)25-13-16-5-4-6-17(11-16)27-19(21)22/h4-8,11-12,19H,9-10,13H2,1-3H3,(H2,23,24,25). The van der Waals surface area contributed by atoms with Crippen LogP contribution in [0.3, 0.4) is 0 Å². The first-order chi connectivity index (χ1) is 13.0. The molecule has 0 aliphatic heterocycles. The van der Waals surface area contributed by atoms with E-state index in [9.17, 15) is 8.78 Å². The molecule has 0 aliphatic rings. The molecule has 27 heavy (non-hydrogen) atoms. The summed E-state index contributed by atoms with van der Waals surface area (Å²) in [5, 5.41) is 6.39. The van der Waals surface area contributed by atoms with Crippen LogP contribution in [0, 0.1) is 6.92 Å². The molecule has 0 fully saturated rings. The second-order valence-corrected chi connectivity index (χ2v) is 5.93. The van der Waals surface area contributed by atoms with Gasteiger partial charge in [0.05, 0.1) is 7.11 Å². The van der Waals surface area contributed by atoms with Crippen LogP contribution in [0.4, 0.5) is 8.78 Å². The van der Waals surface area contributed by atoms with Gasteiger partial charge >= 0.3 is 6.61 Å². The molecule has 2 aromatic carbocycles. The number of aryl methyl sites for hydroxylation is 1. The zero-order valence-electron chi connectivity index (χ0n) is 15.8. The van der Waals surface area contributed by atoms with Gasteiger partial charge in [0, 0.05) is 20.1 Å². The number of nitrogens with one attached hydrogen (secondary N) is 2. The zero-order valence-corrected chi connectivity index (χ0v) is 15.8. The number of benzene rings is 2. The Morgan fingerprint density at radius 2 is 1.93 bits per heavy atom. The maximum absolute atomic E-state index is 12.3. The molecular formula is C20H25F2N3O2. The minimum Gasteiger partial charge on any atom is -0.496 e. The third-order valence-corrected chi connectivity index (χ3v) is 3.99. The monoisotopic (exact) mass is 377 g/mol. The Labute approximate surface area is 158 Å². The van der Waals surface area contributed by atoms with E-state index in [0.717, 1.165) is 28.9 Å². The summed E-state index contributed by atoms with van der Waals surface area (Å²) in [6, 6.07) is 12.7. The van der Waals surface area contributed by atoms with Crippen LogP contribution in [0.5, 0.6) is 11.5 Å². The van der Waals surface area contributed by atoms with Crippen LogP contribution in [-0.2, 0) is 13.0 Å². The number of hydrogen-bond acceptors (Lipinski definition) is 3. The molecule has 7 heteroatoms. The third kappa shape index (κ3) is 6.77. The van der Waals surface area contributed by atoms with Crippen molar-refractivity contribution in [2.45, 2.75) is 26.5 Å². The van der Waals surface area contributed by atoms with Crippen LogP contribution in [0.15, 0.2) is 47.5 Å². The van der Waals surface area contributed by atoms with Crippen molar-refractivity contribution in [3.8, 4) is 11.5 Å². The second-order valence-electron chi connectivity index (χ2n) is 5.93. The van der Waals surface area contributed by atoms with Crippen molar-refractivity contribution in [3.63, 3.8) is 0 Å². The Kier molecular flexibility index (Phi) is 7.85. The average Bonchev–Trinajstić information content (AvgIpc) is 2.65. The van der Waals surface area contributed by atoms with Gasteiger partial charge in [-0.05, 0) is 48.2 Å². The Morgan fingerprint density at radius 1 is 1.11 bits per heavy atom. The molecular weight excluding hydrogens is 352 g/mol. The van der Waals surface area contributed by atoms with Crippen molar-refractivity contribution in [3.05, 3.63) is 59.2 Å². The summed E-state index contributed by atoms with van der Waals surface area (Å²) in [4.78, 5) is 4.17. The lowest BCUT2D eigenvalue weighted by Crippen LogP contribution is -2.37. The Hall–Kier alpha value is -2.83. The molecule has 0 aromatic heterocycles. The molecule has 0 heterocycles. The maximum atomic E-state index is 12.3. The summed E-state index contributed by atoms with van der Waals surface area (Å²) in [5.74, 6) is 1.65. The first-order valence-corrected chi connectivity index (χ1v) is 8.63. The van der Waals surface area contributed by atoms with E-state index in [-0.39, 0.29) is 5.75 Å². The number of alkyl halides is 2. The summed E-state index contributed by atoms with van der Waals surface area (Å²) in [5.41, 5.74) is 3.08. The highest BCUT2D eigenvalue weighted by Crippen LogP contribution is 2.19. The van der Waals surface area contributed by atoms with Gasteiger partial charge < -0.3 is 20.1 Å². The number of hydrogen-bond donors (Lipinski definition) is 2. The van der Waals surface area contributed by atoms with Crippen molar-refractivity contribution in [2.75, 3.05) is 20.7 Å². The number of guanidine groups is 1. The quantitative estimate of drug-likeness (QED) is 0.546. The molecule has 0 spiro atoms. The molecule has 0 unspecified atom stereocenters. The van der Waals surface area contributed by atoms with E-state index in [2.05, 4.69) is 26.4 Å². The van der Waals surface area contributed by atoms with Gasteiger partial charge in [-0.15, -0.1) is 0 Å². The molecule has 0 atom stereocenters. The predicted octanol–water partition coefficient (Wildman–Crippen LogP) is 3.51. The van der Waals surface area contributed by atoms with E-state index in [4.69, 9.17) is 4.74 Å². The molecule has 2 N–H and O–H groups in total. The fourth-order valence-electron chi connectivity index (χ4n) is 2.58. The van der Waals surface area contributed by atoms with Crippen LogP contribution >= 0.6 is 0 Å². The van der Waals surface area contributed by atoms with Crippen molar-refractivity contribution in [1.82, 2.24) is 10.6 Å². The Morgan fingerprint density at radius 3 is 2.63 bits per heavy atom. The van der Waals surface area contributed by atoms with Gasteiger partial charge in [0.15, 0.2) is 5.96 Å². The first kappa shape index (κ1) is 20.5. The summed E-state index contributed by atoms with van der Waals surface area (Å²) < 4.78 is 34.3. The normalized spacial score (nSPS) is 11.4. The molecule has 5 nitrogen and oxygen atoms in total. The molecule has 0 saturated heterocycles. The van der Waals surface area contributed by atoms with Crippen LogP contribution in [0.2, 0.25) is 0 Å². The lowest BCUT2D eigenvalue weighted by molar-refractivity contribution is -0.0498. The lowest BCUT2D eigenvalue weighted by Gasteiger charge is -2.13. The molecule has 0 amide bonds. The molecule has 0 aliphatic carbocycles. The van der Waals surface area contributed by atoms with E-state index >= 15 is 0 Å². The smallest absolute Gasteiger partial charge is 0.387 e. The predicted molar refractivity (Wildman–Crippen MR) is 103 cm³/mol. The molecule has 0 saturated carbocycles. The summed E-state index contributed by atoms with van der Waals surface area (Å²) in [6.07, 6.45) is 0.815. The van der Waals surface area contributed by atoms with E-state index in [1.807, 2.05) is 25.1 Å². The SMILES string of the molecule is CN=C(NCCc1ccc(C)c(OC)c1)NCc1cccc(OC(F)F)c1. The van der Waals surface area contributed by atoms with Crippen LogP contribution < -0.4 is 20.1 Å². The fourth-order valence-corrected chi connectivity index (χ4v) is 2.58. The van der Waals surface area contributed by atoms with Crippen LogP contribution in [-0.4, -0.2) is 33.3 Å². The van der Waals surface area contributed by atoms with E-state index in [1.54, 1.807) is 26.3 Å². The Bertz CT molecular complexity index is 767. The van der Waals surface area contributed by atoms with Crippen molar-refractivity contribution in [1.29, 1.82) is 0 Å². The maximum Gasteiger partial charge on any atom is 0.387 e. The van der Waals surface area contributed by atoms with Gasteiger partial charge in [-0.3, -0.25) is 4.99 Å². The highest BCUT2D eigenvalue weighted by molar-refractivity contribution is 5.79. The van der Waals surface area contributed by atoms with Gasteiger partial charge in [0.1, 0.15) is 11.5 Å². The summed E-state index contributed by atoms with van der Waals surface area (Å²) >= 11 is 0. The number of aliphatic imine (C=N–C) groups is 1. The van der Waals surface area contributed by atoms with E-state index in [1.165, 1.54) is 6.07 Å². The number of nitrogens with zero attached hydrogens (tertiary/aromatic N) is 1. The first-order valence-electron chi connectivity index (χ1n) is 8.63. The third-order valence-electron chi connectivity index (χ3n) is 3.99. The lowest BCUT2D eigenvalue weighted by atomic mass is 10.1. The van der Waals surface area contributed by atoms with Crippen molar-refractivity contribution in [2.24, 2.45) is 4.99 Å². The minimum absolute atomic E-state index is 0.139. The summed E-state index contributed by atoms with van der Waals surface area (Å²) in [7, 11) is 3.35. The molecule has 2 aromatic rings. The topological polar surface area (TPSA) is 54.9 Å². The molecule has 0 bridgehead atoms.